The van der Waals surface area contributed by atoms with E-state index in [2.05, 4.69) is 25.3 Å². The van der Waals surface area contributed by atoms with E-state index >= 15 is 0 Å². The number of anilines is 3. The molecule has 7 nitrogen and oxygen atoms in total. The third kappa shape index (κ3) is 4.23. The summed E-state index contributed by atoms with van der Waals surface area (Å²) in [6.07, 6.45) is -0.734. The number of nitrogens with zero attached hydrogens (tertiary/aromatic N) is 4. The molecule has 4 rings (SSSR count). The zero-order valence-electron chi connectivity index (χ0n) is 16.8. The first-order chi connectivity index (χ1) is 14.7. The van der Waals surface area contributed by atoms with Crippen LogP contribution in [0.1, 0.15) is 11.1 Å². The summed E-state index contributed by atoms with van der Waals surface area (Å²) in [7, 11) is 3.93. The van der Waals surface area contributed by atoms with Crippen molar-refractivity contribution in [2.45, 2.75) is 12.7 Å². The molecular formula is C21H20F3N7. The van der Waals surface area contributed by atoms with Crippen LogP contribution < -0.4 is 16.0 Å². The molecule has 0 spiro atoms. The molecule has 0 saturated heterocycles. The second kappa shape index (κ2) is 7.78. The predicted octanol–water partition coefficient (Wildman–Crippen LogP) is 4.30. The summed E-state index contributed by atoms with van der Waals surface area (Å²) in [5.41, 5.74) is 8.62. The Balaban J connectivity index is 1.62. The van der Waals surface area contributed by atoms with Crippen molar-refractivity contribution in [1.82, 2.24) is 19.9 Å². The molecule has 0 aliphatic rings. The van der Waals surface area contributed by atoms with E-state index in [0.717, 1.165) is 23.5 Å². The van der Waals surface area contributed by atoms with E-state index in [0.29, 0.717) is 29.4 Å². The van der Waals surface area contributed by atoms with Crippen LogP contribution in [-0.4, -0.2) is 34.0 Å². The van der Waals surface area contributed by atoms with Gasteiger partial charge >= 0.3 is 6.18 Å². The molecule has 0 fully saturated rings. The topological polar surface area (TPSA) is 95.8 Å². The smallest absolute Gasteiger partial charge is 0.396 e. The highest BCUT2D eigenvalue weighted by molar-refractivity contribution is 5.95. The Hall–Kier alpha value is -3.82. The van der Waals surface area contributed by atoms with Crippen molar-refractivity contribution in [2.75, 3.05) is 30.0 Å². The minimum atomic E-state index is -4.50. The molecule has 31 heavy (non-hydrogen) atoms. The second-order valence-electron chi connectivity index (χ2n) is 7.23. The molecule has 4 N–H and O–H groups in total. The summed E-state index contributed by atoms with van der Waals surface area (Å²) in [6, 6.07) is 9.02. The number of nitrogen functional groups attached to an aromatic ring is 1. The van der Waals surface area contributed by atoms with E-state index in [1.807, 2.05) is 43.3 Å². The quantitative estimate of drug-likeness (QED) is 0.440. The second-order valence-corrected chi connectivity index (χ2v) is 7.23. The van der Waals surface area contributed by atoms with Crippen LogP contribution in [0.3, 0.4) is 0 Å². The van der Waals surface area contributed by atoms with Gasteiger partial charge in [-0.05, 0) is 23.8 Å². The van der Waals surface area contributed by atoms with E-state index in [9.17, 15) is 13.2 Å². The summed E-state index contributed by atoms with van der Waals surface area (Å²) in [5, 5.41) is 3.41. The van der Waals surface area contributed by atoms with Gasteiger partial charge in [0.2, 0.25) is 5.95 Å². The zero-order chi connectivity index (χ0) is 22.2. The van der Waals surface area contributed by atoms with Gasteiger partial charge < -0.3 is 20.9 Å². The number of aromatic amines is 1. The molecule has 4 aromatic rings. The standard InChI is InChI=1S/C21H20F3N7/c1-31(2)14-5-3-12(4-6-14)8-28-20-29-11-17(25)18(30-20)16-10-27-19-15(16)7-13(9-26-19)21(22,23)24/h3-7,9-11H,8,25H2,1-2H3,(H,26,27)(H,28,29,30). The SMILES string of the molecule is CN(C)c1ccc(CNc2ncc(N)c(-c3c[nH]c4ncc(C(F)(F)F)cc34)n2)cc1. The first-order valence-corrected chi connectivity index (χ1v) is 9.40. The lowest BCUT2D eigenvalue weighted by molar-refractivity contribution is -0.137. The summed E-state index contributed by atoms with van der Waals surface area (Å²) >= 11 is 0. The van der Waals surface area contributed by atoms with Gasteiger partial charge in [-0.15, -0.1) is 0 Å². The first kappa shape index (κ1) is 20.5. The molecule has 0 atom stereocenters. The maximum Gasteiger partial charge on any atom is 0.417 e. The molecule has 160 valence electrons. The summed E-state index contributed by atoms with van der Waals surface area (Å²) in [5.74, 6) is 0.315. The number of benzene rings is 1. The van der Waals surface area contributed by atoms with Gasteiger partial charge in [-0.3, -0.25) is 0 Å². The number of fused-ring (bicyclic) bond motifs is 1. The minimum Gasteiger partial charge on any atom is -0.396 e. The zero-order valence-corrected chi connectivity index (χ0v) is 16.8. The van der Waals surface area contributed by atoms with Crippen LogP contribution in [0, 0.1) is 0 Å². The van der Waals surface area contributed by atoms with E-state index in [4.69, 9.17) is 5.73 Å². The monoisotopic (exact) mass is 427 g/mol. The van der Waals surface area contributed by atoms with Gasteiger partial charge in [0.1, 0.15) is 11.3 Å². The number of hydrogen-bond acceptors (Lipinski definition) is 6. The van der Waals surface area contributed by atoms with Gasteiger partial charge in [-0.2, -0.15) is 13.2 Å². The third-order valence-corrected chi connectivity index (χ3v) is 4.83. The van der Waals surface area contributed by atoms with E-state index < -0.39 is 11.7 Å². The highest BCUT2D eigenvalue weighted by atomic mass is 19.4. The van der Waals surface area contributed by atoms with Crippen LogP contribution in [0.2, 0.25) is 0 Å². The fourth-order valence-corrected chi connectivity index (χ4v) is 3.14. The molecule has 0 bridgehead atoms. The number of H-pyrrole nitrogens is 1. The number of rotatable bonds is 5. The van der Waals surface area contributed by atoms with Gasteiger partial charge in [-0.1, -0.05) is 12.1 Å². The molecule has 0 saturated carbocycles. The number of halogens is 3. The van der Waals surface area contributed by atoms with Gasteiger partial charge in [-0.25, -0.2) is 15.0 Å². The molecule has 3 aromatic heterocycles. The van der Waals surface area contributed by atoms with Crippen LogP contribution in [0.4, 0.5) is 30.5 Å². The number of nitrogens with two attached hydrogens (primary N) is 1. The van der Waals surface area contributed by atoms with Crippen molar-refractivity contribution < 1.29 is 13.2 Å². The van der Waals surface area contributed by atoms with E-state index in [1.165, 1.54) is 6.20 Å². The first-order valence-electron chi connectivity index (χ1n) is 9.40. The third-order valence-electron chi connectivity index (χ3n) is 4.83. The lowest BCUT2D eigenvalue weighted by Crippen LogP contribution is -2.09. The van der Waals surface area contributed by atoms with Crippen LogP contribution >= 0.6 is 0 Å². The lowest BCUT2D eigenvalue weighted by Gasteiger charge is -2.13. The molecule has 0 radical (unpaired) electrons. The molecular weight excluding hydrogens is 407 g/mol. The van der Waals surface area contributed by atoms with E-state index in [1.54, 1.807) is 6.20 Å². The van der Waals surface area contributed by atoms with Crippen molar-refractivity contribution in [2.24, 2.45) is 0 Å². The van der Waals surface area contributed by atoms with Crippen LogP contribution in [-0.2, 0) is 12.7 Å². The summed E-state index contributed by atoms with van der Waals surface area (Å²) in [4.78, 5) is 17.4. The molecule has 3 heterocycles. The van der Waals surface area contributed by atoms with Crippen molar-refractivity contribution in [3.8, 4) is 11.3 Å². The van der Waals surface area contributed by atoms with Crippen molar-refractivity contribution >= 4 is 28.4 Å². The Bertz CT molecular complexity index is 1210. The maximum atomic E-state index is 13.1. The largest absolute Gasteiger partial charge is 0.417 e. The fraction of sp³-hybridized carbons (Fsp3) is 0.190. The van der Waals surface area contributed by atoms with Crippen molar-refractivity contribution in [3.63, 3.8) is 0 Å². The number of pyridine rings is 1. The average molecular weight is 427 g/mol. The molecule has 0 aliphatic carbocycles. The van der Waals surface area contributed by atoms with Crippen LogP contribution in [0.15, 0.2) is 48.9 Å². The highest BCUT2D eigenvalue weighted by Gasteiger charge is 2.31. The van der Waals surface area contributed by atoms with Crippen molar-refractivity contribution in [3.05, 3.63) is 60.0 Å². The van der Waals surface area contributed by atoms with Gasteiger partial charge in [0.05, 0.1) is 17.4 Å². The summed E-state index contributed by atoms with van der Waals surface area (Å²) in [6.45, 7) is 0.477. The Labute approximate surface area is 176 Å². The number of nitrogens with one attached hydrogen (secondary N) is 2. The minimum absolute atomic E-state index is 0.249. The van der Waals surface area contributed by atoms with Crippen molar-refractivity contribution in [1.29, 1.82) is 0 Å². The molecule has 0 amide bonds. The fourth-order valence-electron chi connectivity index (χ4n) is 3.14. The molecule has 0 unspecified atom stereocenters. The van der Waals surface area contributed by atoms with Gasteiger partial charge in [0.25, 0.3) is 0 Å². The average Bonchev–Trinajstić information content (AvgIpc) is 3.16. The Kier molecular flexibility index (Phi) is 5.14. The van der Waals surface area contributed by atoms with Gasteiger partial charge in [0, 0.05) is 49.7 Å². The molecule has 0 aliphatic heterocycles. The van der Waals surface area contributed by atoms with Crippen LogP contribution in [0.5, 0.6) is 0 Å². The normalized spacial score (nSPS) is 11.6. The number of aromatic nitrogens is 4. The van der Waals surface area contributed by atoms with E-state index in [-0.39, 0.29) is 11.1 Å². The summed E-state index contributed by atoms with van der Waals surface area (Å²) < 4.78 is 39.4. The van der Waals surface area contributed by atoms with Gasteiger partial charge in [0.15, 0.2) is 0 Å². The Morgan fingerprint density at radius 3 is 2.52 bits per heavy atom. The Morgan fingerprint density at radius 2 is 1.84 bits per heavy atom. The lowest BCUT2D eigenvalue weighted by atomic mass is 10.1. The number of hydrogen-bond donors (Lipinski definition) is 3. The maximum absolute atomic E-state index is 13.1. The highest BCUT2D eigenvalue weighted by Crippen LogP contribution is 2.35. The molecule has 10 heteroatoms. The molecule has 1 aromatic carbocycles. The predicted molar refractivity (Wildman–Crippen MR) is 115 cm³/mol. The number of alkyl halides is 3. The van der Waals surface area contributed by atoms with Crippen LogP contribution in [0.25, 0.3) is 22.3 Å². The Morgan fingerprint density at radius 1 is 1.10 bits per heavy atom.